The molecule has 0 aliphatic heterocycles. The monoisotopic (exact) mass is 681 g/mol. The van der Waals surface area contributed by atoms with Gasteiger partial charge in [-0.05, 0) is 39.6 Å². The number of benzene rings is 5. The molecule has 0 saturated heterocycles. The Morgan fingerprint density at radius 1 is 0.735 bits per heavy atom. The number of imidazole rings is 1. The second-order valence-electron chi connectivity index (χ2n) is 14.0. The van der Waals surface area contributed by atoms with Crippen molar-refractivity contribution in [2.24, 2.45) is 5.92 Å². The van der Waals surface area contributed by atoms with Crippen molar-refractivity contribution in [1.29, 1.82) is 0 Å². The van der Waals surface area contributed by atoms with E-state index in [2.05, 4.69) is 112 Å². The number of aliphatic hydroxyl groups is 1. The Morgan fingerprint density at radius 2 is 1.31 bits per heavy atom. The van der Waals surface area contributed by atoms with Gasteiger partial charge in [0, 0.05) is 17.1 Å². The number of halogens is 1. The molecule has 0 radical (unpaired) electrons. The number of rotatable bonds is 9. The van der Waals surface area contributed by atoms with Gasteiger partial charge in [-0.1, -0.05) is 160 Å². The molecule has 0 fully saturated rings. The zero-order chi connectivity index (χ0) is 34.4. The van der Waals surface area contributed by atoms with Crippen molar-refractivity contribution in [2.45, 2.75) is 44.6 Å². The van der Waals surface area contributed by atoms with Crippen LogP contribution >= 0.6 is 11.6 Å². The van der Waals surface area contributed by atoms with E-state index in [-0.39, 0.29) is 5.92 Å². The third-order valence-electron chi connectivity index (χ3n) is 9.68. The Labute approximate surface area is 293 Å². The van der Waals surface area contributed by atoms with Crippen molar-refractivity contribution in [2.75, 3.05) is 0 Å². The summed E-state index contributed by atoms with van der Waals surface area (Å²) in [5.74, 6) is -0.197. The Hall–Kier alpha value is -4.82. The van der Waals surface area contributed by atoms with E-state index < -0.39 is 19.2 Å². The minimum atomic E-state index is -1.77. The first-order valence-corrected chi connectivity index (χ1v) is 20.5. The van der Waals surface area contributed by atoms with Crippen LogP contribution in [0.5, 0.6) is 0 Å². The number of hydrogen-bond donors (Lipinski definition) is 2. The molecule has 0 spiro atoms. The maximum atomic E-state index is 12.8. The first kappa shape index (κ1) is 32.7. The number of hydrogen-bond acceptors (Lipinski definition) is 4. The van der Waals surface area contributed by atoms with E-state index in [4.69, 9.17) is 16.6 Å². The predicted molar refractivity (Wildman–Crippen MR) is 202 cm³/mol. The molecular weight excluding hydrogens is 642 g/mol. The lowest BCUT2D eigenvalue weighted by molar-refractivity contribution is 0.0279. The molecule has 2 N–H and O–H groups in total. The average Bonchev–Trinajstić information content (AvgIpc) is 3.82. The van der Waals surface area contributed by atoms with Crippen molar-refractivity contribution in [3.63, 3.8) is 0 Å². The van der Waals surface area contributed by atoms with E-state index in [0.29, 0.717) is 10.7 Å². The summed E-state index contributed by atoms with van der Waals surface area (Å²) in [7, 11) is -1.77. The van der Waals surface area contributed by atoms with Gasteiger partial charge in [0.15, 0.2) is 0 Å². The largest absolute Gasteiger partial charge is 0.378 e. The van der Waals surface area contributed by atoms with Crippen LogP contribution in [0.3, 0.4) is 0 Å². The van der Waals surface area contributed by atoms with Gasteiger partial charge in [0.2, 0.25) is 0 Å². The van der Waals surface area contributed by atoms with Gasteiger partial charge in [0.25, 0.3) is 0 Å². The Bertz CT molecular complexity index is 2130. The second-order valence-corrected chi connectivity index (χ2v) is 19.4. The fraction of sp³-hybridized carbons (Fsp3) is 0.195. The van der Waals surface area contributed by atoms with Gasteiger partial charge in [-0.15, -0.1) is 0 Å². The quantitative estimate of drug-likeness (QED) is 0.118. The van der Waals surface area contributed by atoms with Crippen molar-refractivity contribution >= 4 is 35.8 Å². The van der Waals surface area contributed by atoms with E-state index in [1.807, 2.05) is 74.9 Å². The molecule has 1 unspecified atom stereocenters. The molecular formula is C41H40ClN5OSi. The summed E-state index contributed by atoms with van der Waals surface area (Å²) in [5, 5.41) is 28.0. The van der Waals surface area contributed by atoms with E-state index >= 15 is 0 Å². The molecule has 0 saturated carbocycles. The number of aromatic nitrogens is 5. The Morgan fingerprint density at radius 3 is 1.84 bits per heavy atom. The zero-order valence-electron chi connectivity index (χ0n) is 28.4. The maximum absolute atomic E-state index is 12.8. The van der Waals surface area contributed by atoms with Gasteiger partial charge in [-0.25, -0.2) is 4.98 Å². The van der Waals surface area contributed by atoms with Gasteiger partial charge < -0.3 is 9.67 Å². The Balaban J connectivity index is 1.38. The molecule has 5 aromatic carbocycles. The van der Waals surface area contributed by atoms with E-state index in [1.165, 1.54) is 0 Å². The van der Waals surface area contributed by atoms with Crippen LogP contribution < -0.4 is 5.32 Å². The van der Waals surface area contributed by atoms with Crippen LogP contribution in [-0.2, 0) is 11.1 Å². The van der Waals surface area contributed by atoms with Crippen LogP contribution in [0.2, 0.25) is 24.7 Å². The number of aromatic amines is 1. The molecule has 0 bridgehead atoms. The van der Waals surface area contributed by atoms with E-state index in [9.17, 15) is 5.11 Å². The van der Waals surface area contributed by atoms with Crippen molar-refractivity contribution in [1.82, 2.24) is 25.0 Å². The van der Waals surface area contributed by atoms with Crippen LogP contribution in [-0.4, -0.2) is 38.1 Å². The lowest BCUT2D eigenvalue weighted by Crippen LogP contribution is -2.40. The molecule has 7 rings (SSSR count). The van der Waals surface area contributed by atoms with Crippen molar-refractivity contribution in [3.05, 3.63) is 167 Å². The maximum Gasteiger partial charge on any atom is 0.135 e. The van der Waals surface area contributed by atoms with Crippen LogP contribution in [0.1, 0.15) is 41.8 Å². The molecule has 1 atom stereocenters. The van der Waals surface area contributed by atoms with Crippen LogP contribution in [0, 0.1) is 5.92 Å². The van der Waals surface area contributed by atoms with Crippen LogP contribution in [0.4, 0.5) is 0 Å². The number of nitrogens with zero attached hydrogens (tertiary/aromatic N) is 4. The highest BCUT2D eigenvalue weighted by molar-refractivity contribution is 6.89. The normalized spacial score (nSPS) is 13.6. The lowest BCUT2D eigenvalue weighted by Gasteiger charge is -2.37. The standard InChI is InChI=1S/C41H40ClN5OSi/c1-28(2)41(48,33-22-24-34-29(25-33)21-23-35(37(34)42)38-39(45-46-44-38)49(3,4)5)36-26-47(27-43-36)40(30-15-9-6-10-16-30,31-17-11-7-12-18-31)32-19-13-8-14-20-32/h6-28,48H,1-5H3,(H,44,45,46). The first-order chi connectivity index (χ1) is 23.6. The summed E-state index contributed by atoms with van der Waals surface area (Å²) < 4.78 is 2.15. The van der Waals surface area contributed by atoms with Crippen molar-refractivity contribution in [3.8, 4) is 11.3 Å². The summed E-state index contributed by atoms with van der Waals surface area (Å²) in [6.07, 6.45) is 3.86. The molecule has 0 aliphatic rings. The minimum absolute atomic E-state index is 0.197. The minimum Gasteiger partial charge on any atom is -0.378 e. The molecule has 8 heteroatoms. The molecule has 2 heterocycles. The molecule has 2 aromatic heterocycles. The SMILES string of the molecule is CC(C)C(O)(c1ccc2c(Cl)c(-c3n[nH]nc3[Si](C)(C)C)ccc2c1)c1cn(C(c2ccccc2)(c2ccccc2)c2ccccc2)cn1. The zero-order valence-corrected chi connectivity index (χ0v) is 30.1. The highest BCUT2D eigenvalue weighted by atomic mass is 35.5. The van der Waals surface area contributed by atoms with Gasteiger partial charge in [0.1, 0.15) is 24.9 Å². The van der Waals surface area contributed by atoms with Crippen molar-refractivity contribution < 1.29 is 5.11 Å². The molecule has 0 aliphatic carbocycles. The molecule has 246 valence electrons. The highest BCUT2D eigenvalue weighted by Crippen LogP contribution is 2.44. The third kappa shape index (κ3) is 5.42. The smallest absolute Gasteiger partial charge is 0.135 e. The summed E-state index contributed by atoms with van der Waals surface area (Å²) in [6.45, 7) is 10.8. The highest BCUT2D eigenvalue weighted by Gasteiger charge is 2.42. The summed E-state index contributed by atoms with van der Waals surface area (Å²) in [4.78, 5) is 4.98. The van der Waals surface area contributed by atoms with Gasteiger partial charge in [-0.3, -0.25) is 0 Å². The summed E-state index contributed by atoms with van der Waals surface area (Å²) in [6, 6.07) is 41.5. The fourth-order valence-electron chi connectivity index (χ4n) is 7.12. The van der Waals surface area contributed by atoms with Crippen LogP contribution in [0.25, 0.3) is 22.0 Å². The number of H-pyrrole nitrogens is 1. The van der Waals surface area contributed by atoms with Gasteiger partial charge in [-0.2, -0.15) is 15.4 Å². The number of nitrogens with one attached hydrogen (secondary N) is 1. The fourth-order valence-corrected chi connectivity index (χ4v) is 8.73. The Kier molecular flexibility index (Phi) is 8.39. The topological polar surface area (TPSA) is 79.6 Å². The first-order valence-electron chi connectivity index (χ1n) is 16.6. The summed E-state index contributed by atoms with van der Waals surface area (Å²) >= 11 is 7.09. The summed E-state index contributed by atoms with van der Waals surface area (Å²) in [5.41, 5.74) is 4.10. The average molecular weight is 682 g/mol. The van der Waals surface area contributed by atoms with Gasteiger partial charge in [0.05, 0.1) is 22.4 Å². The number of fused-ring (bicyclic) bond motifs is 1. The third-order valence-corrected chi connectivity index (χ3v) is 11.9. The molecule has 49 heavy (non-hydrogen) atoms. The molecule has 6 nitrogen and oxygen atoms in total. The lowest BCUT2D eigenvalue weighted by atomic mass is 9.76. The van der Waals surface area contributed by atoms with E-state index in [1.54, 1.807) is 0 Å². The van der Waals surface area contributed by atoms with E-state index in [0.717, 1.165) is 49.6 Å². The van der Waals surface area contributed by atoms with Gasteiger partial charge >= 0.3 is 0 Å². The molecule has 7 aromatic rings. The predicted octanol–water partition coefficient (Wildman–Crippen LogP) is 8.75. The van der Waals surface area contributed by atoms with Crippen LogP contribution in [0.15, 0.2) is 134 Å². The second kappa shape index (κ2) is 12.6. The molecule has 0 amide bonds.